The monoisotopic (exact) mass is 232 g/mol. The van der Waals surface area contributed by atoms with Crippen molar-refractivity contribution >= 4 is 15.9 Å². The van der Waals surface area contributed by atoms with Crippen LogP contribution in [0.25, 0.3) is 0 Å². The van der Waals surface area contributed by atoms with Gasteiger partial charge in [0.2, 0.25) is 0 Å². The first kappa shape index (κ1) is 9.68. The third-order valence-corrected chi connectivity index (χ3v) is 2.39. The summed E-state index contributed by atoms with van der Waals surface area (Å²) in [7, 11) is 0. The lowest BCUT2D eigenvalue weighted by Crippen LogP contribution is -1.91. The number of rotatable bonds is 3. The molecule has 0 saturated heterocycles. The van der Waals surface area contributed by atoms with Gasteiger partial charge in [-0.2, -0.15) is 0 Å². The van der Waals surface area contributed by atoms with Crippen molar-refractivity contribution in [3.05, 3.63) is 34.1 Å². The van der Waals surface area contributed by atoms with Crippen LogP contribution in [0.5, 0.6) is 0 Å². The maximum atomic E-state index is 12.7. The average Bonchev–Trinajstić information content (AvgIpc) is 2.07. The summed E-state index contributed by atoms with van der Waals surface area (Å²) in [6, 6.07) is 4.58. The van der Waals surface area contributed by atoms with Crippen LogP contribution in [0.3, 0.4) is 0 Å². The van der Waals surface area contributed by atoms with Gasteiger partial charge in [-0.05, 0) is 36.6 Å². The van der Waals surface area contributed by atoms with Gasteiger partial charge in [-0.1, -0.05) is 15.9 Å². The van der Waals surface area contributed by atoms with Gasteiger partial charge < -0.3 is 5.11 Å². The molecule has 0 atom stereocenters. The van der Waals surface area contributed by atoms with Crippen LogP contribution in [0.2, 0.25) is 0 Å². The summed E-state index contributed by atoms with van der Waals surface area (Å²) in [5.41, 5.74) is 0.907. The first-order valence-electron chi connectivity index (χ1n) is 3.79. The molecule has 0 spiro atoms. The third kappa shape index (κ3) is 2.57. The van der Waals surface area contributed by atoms with Gasteiger partial charge in [0.25, 0.3) is 0 Å². The maximum Gasteiger partial charge on any atom is 0.123 e. The zero-order chi connectivity index (χ0) is 8.97. The Balaban J connectivity index is 2.75. The van der Waals surface area contributed by atoms with Gasteiger partial charge >= 0.3 is 0 Å². The van der Waals surface area contributed by atoms with Crippen molar-refractivity contribution in [3.8, 4) is 0 Å². The van der Waals surface area contributed by atoms with E-state index in [1.807, 2.05) is 0 Å². The standard InChI is InChI=1S/C9H10BrFO/c10-9-4-3-8(11)6-7(9)2-1-5-12/h3-4,6,12H,1-2,5H2. The molecule has 1 aromatic carbocycles. The first-order valence-corrected chi connectivity index (χ1v) is 4.58. The van der Waals surface area contributed by atoms with Gasteiger partial charge in [0, 0.05) is 11.1 Å². The summed E-state index contributed by atoms with van der Waals surface area (Å²) in [6.45, 7) is 0.142. The average molecular weight is 233 g/mol. The van der Waals surface area contributed by atoms with Crippen LogP contribution in [-0.4, -0.2) is 11.7 Å². The van der Waals surface area contributed by atoms with E-state index in [2.05, 4.69) is 15.9 Å². The van der Waals surface area contributed by atoms with E-state index in [0.717, 1.165) is 10.0 Å². The molecule has 0 unspecified atom stereocenters. The third-order valence-electron chi connectivity index (χ3n) is 1.61. The van der Waals surface area contributed by atoms with Crippen LogP contribution in [0.15, 0.2) is 22.7 Å². The summed E-state index contributed by atoms with van der Waals surface area (Å²) < 4.78 is 13.6. The van der Waals surface area contributed by atoms with Gasteiger partial charge in [0.15, 0.2) is 0 Å². The Morgan fingerprint density at radius 2 is 2.17 bits per heavy atom. The zero-order valence-electron chi connectivity index (χ0n) is 6.56. The lowest BCUT2D eigenvalue weighted by atomic mass is 10.1. The van der Waals surface area contributed by atoms with E-state index >= 15 is 0 Å². The summed E-state index contributed by atoms with van der Waals surface area (Å²) in [4.78, 5) is 0. The Morgan fingerprint density at radius 1 is 1.42 bits per heavy atom. The minimum absolute atomic E-state index is 0.142. The maximum absolute atomic E-state index is 12.7. The molecule has 3 heteroatoms. The fourth-order valence-electron chi connectivity index (χ4n) is 1.00. The van der Waals surface area contributed by atoms with Crippen molar-refractivity contribution in [3.63, 3.8) is 0 Å². The molecule has 0 heterocycles. The second-order valence-electron chi connectivity index (χ2n) is 2.56. The molecule has 1 N–H and O–H groups in total. The summed E-state index contributed by atoms with van der Waals surface area (Å²) in [6.07, 6.45) is 1.37. The van der Waals surface area contributed by atoms with Crippen molar-refractivity contribution in [2.45, 2.75) is 12.8 Å². The second-order valence-corrected chi connectivity index (χ2v) is 3.42. The largest absolute Gasteiger partial charge is 0.396 e. The Kier molecular flexibility index (Phi) is 3.69. The minimum Gasteiger partial charge on any atom is -0.396 e. The molecule has 0 bridgehead atoms. The molecule has 1 aromatic rings. The quantitative estimate of drug-likeness (QED) is 0.850. The van der Waals surface area contributed by atoms with E-state index in [-0.39, 0.29) is 12.4 Å². The molecule has 12 heavy (non-hydrogen) atoms. The topological polar surface area (TPSA) is 20.2 Å². The van der Waals surface area contributed by atoms with Crippen LogP contribution in [0.4, 0.5) is 4.39 Å². The van der Waals surface area contributed by atoms with E-state index in [1.165, 1.54) is 12.1 Å². The summed E-state index contributed by atoms with van der Waals surface area (Å²) in [5, 5.41) is 8.58. The van der Waals surface area contributed by atoms with E-state index in [0.29, 0.717) is 12.8 Å². The van der Waals surface area contributed by atoms with Crippen molar-refractivity contribution in [1.29, 1.82) is 0 Å². The number of hydrogen-bond acceptors (Lipinski definition) is 1. The van der Waals surface area contributed by atoms with E-state index in [1.54, 1.807) is 6.07 Å². The van der Waals surface area contributed by atoms with Gasteiger partial charge in [-0.15, -0.1) is 0 Å². The van der Waals surface area contributed by atoms with E-state index in [4.69, 9.17) is 5.11 Å². The van der Waals surface area contributed by atoms with Crippen LogP contribution in [0, 0.1) is 5.82 Å². The molecular weight excluding hydrogens is 223 g/mol. The smallest absolute Gasteiger partial charge is 0.123 e. The number of hydrogen-bond donors (Lipinski definition) is 1. The molecule has 0 aromatic heterocycles. The van der Waals surface area contributed by atoms with Crippen LogP contribution in [0.1, 0.15) is 12.0 Å². The molecule has 0 aliphatic rings. The zero-order valence-corrected chi connectivity index (χ0v) is 8.14. The Hall–Kier alpha value is -0.410. The van der Waals surface area contributed by atoms with Crippen molar-refractivity contribution in [2.24, 2.45) is 0 Å². The van der Waals surface area contributed by atoms with Crippen LogP contribution >= 0.6 is 15.9 Å². The van der Waals surface area contributed by atoms with Crippen molar-refractivity contribution in [2.75, 3.05) is 6.61 Å². The SMILES string of the molecule is OCCCc1cc(F)ccc1Br. The van der Waals surface area contributed by atoms with Gasteiger partial charge in [-0.3, -0.25) is 0 Å². The van der Waals surface area contributed by atoms with Gasteiger partial charge in [-0.25, -0.2) is 4.39 Å². The Bertz CT molecular complexity index is 263. The molecule has 66 valence electrons. The number of aryl methyl sites for hydroxylation is 1. The normalized spacial score (nSPS) is 10.2. The highest BCUT2D eigenvalue weighted by atomic mass is 79.9. The van der Waals surface area contributed by atoms with E-state index < -0.39 is 0 Å². The molecule has 0 amide bonds. The molecule has 0 radical (unpaired) electrons. The Labute approximate surface area is 79.4 Å². The fraction of sp³-hybridized carbons (Fsp3) is 0.333. The minimum atomic E-state index is -0.230. The molecule has 1 nitrogen and oxygen atoms in total. The Morgan fingerprint density at radius 3 is 2.83 bits per heavy atom. The second kappa shape index (κ2) is 4.58. The highest BCUT2D eigenvalue weighted by Gasteiger charge is 2.00. The summed E-state index contributed by atoms with van der Waals surface area (Å²) in [5.74, 6) is -0.230. The van der Waals surface area contributed by atoms with Crippen LogP contribution in [-0.2, 0) is 6.42 Å². The number of benzene rings is 1. The predicted molar refractivity (Wildman–Crippen MR) is 49.5 cm³/mol. The van der Waals surface area contributed by atoms with E-state index in [9.17, 15) is 4.39 Å². The van der Waals surface area contributed by atoms with Crippen LogP contribution < -0.4 is 0 Å². The first-order chi connectivity index (χ1) is 5.74. The van der Waals surface area contributed by atoms with Gasteiger partial charge in [0.05, 0.1) is 0 Å². The summed E-state index contributed by atoms with van der Waals surface area (Å²) >= 11 is 3.31. The lowest BCUT2D eigenvalue weighted by Gasteiger charge is -2.02. The highest BCUT2D eigenvalue weighted by molar-refractivity contribution is 9.10. The molecule has 0 aliphatic carbocycles. The molecular formula is C9H10BrFO. The number of halogens is 2. The molecule has 0 saturated carbocycles. The van der Waals surface area contributed by atoms with Gasteiger partial charge in [0.1, 0.15) is 5.82 Å². The van der Waals surface area contributed by atoms with Crippen molar-refractivity contribution in [1.82, 2.24) is 0 Å². The molecule has 1 rings (SSSR count). The number of aliphatic hydroxyl groups excluding tert-OH is 1. The fourth-order valence-corrected chi connectivity index (χ4v) is 1.45. The number of aliphatic hydroxyl groups is 1. The molecule has 0 aliphatic heterocycles. The van der Waals surface area contributed by atoms with Crippen molar-refractivity contribution < 1.29 is 9.50 Å². The predicted octanol–water partition coefficient (Wildman–Crippen LogP) is 2.51. The lowest BCUT2D eigenvalue weighted by molar-refractivity contribution is 0.288. The highest BCUT2D eigenvalue weighted by Crippen LogP contribution is 2.18. The molecule has 0 fully saturated rings.